The van der Waals surface area contributed by atoms with Crippen molar-refractivity contribution < 1.29 is 17.9 Å². The molecule has 2 aromatic carbocycles. The molecule has 1 fully saturated rings. The number of carbonyl (C=O) groups excluding carboxylic acids is 1. The zero-order valence-corrected chi connectivity index (χ0v) is 16.1. The molecule has 0 saturated carbocycles. The molecule has 1 amide bonds. The van der Waals surface area contributed by atoms with Crippen molar-refractivity contribution in [2.45, 2.75) is 36.6 Å². The third-order valence-corrected chi connectivity index (χ3v) is 6.68. The largest absolute Gasteiger partial charge is 0.497 e. The van der Waals surface area contributed by atoms with Crippen molar-refractivity contribution in [2.75, 3.05) is 19.0 Å². The fourth-order valence-electron chi connectivity index (χ4n) is 3.32. The first kappa shape index (κ1) is 19.4. The molecule has 1 atom stereocenters. The first-order valence-corrected chi connectivity index (χ1v) is 10.5. The van der Waals surface area contributed by atoms with Gasteiger partial charge in [0.25, 0.3) is 0 Å². The lowest BCUT2D eigenvalue weighted by Crippen LogP contribution is -2.45. The van der Waals surface area contributed by atoms with Crippen molar-refractivity contribution in [1.29, 1.82) is 0 Å². The summed E-state index contributed by atoms with van der Waals surface area (Å²) in [4.78, 5) is 12.8. The van der Waals surface area contributed by atoms with Crippen LogP contribution >= 0.6 is 0 Å². The quantitative estimate of drug-likeness (QED) is 0.824. The van der Waals surface area contributed by atoms with E-state index in [2.05, 4.69) is 5.32 Å². The standard InChI is InChI=1S/C20H24N2O4S/c1-26-18-12-10-16(11-13-18)21-20(23)15-17-7-5-6-14-22(17)27(24,25)19-8-3-2-4-9-19/h2-4,8-13,17H,5-7,14-15H2,1H3,(H,21,23)/t17-/m1/s1. The number of hydrogen-bond donors (Lipinski definition) is 1. The third-order valence-electron chi connectivity index (χ3n) is 4.72. The second-order valence-electron chi connectivity index (χ2n) is 6.56. The third kappa shape index (κ3) is 4.67. The molecule has 27 heavy (non-hydrogen) atoms. The predicted molar refractivity (Wildman–Crippen MR) is 104 cm³/mol. The zero-order valence-electron chi connectivity index (χ0n) is 15.3. The Balaban J connectivity index is 1.70. The number of benzene rings is 2. The van der Waals surface area contributed by atoms with Crippen molar-refractivity contribution in [2.24, 2.45) is 0 Å². The van der Waals surface area contributed by atoms with E-state index in [-0.39, 0.29) is 23.3 Å². The lowest BCUT2D eigenvalue weighted by molar-refractivity contribution is -0.117. The van der Waals surface area contributed by atoms with E-state index in [4.69, 9.17) is 4.74 Å². The topological polar surface area (TPSA) is 75.7 Å². The van der Waals surface area contributed by atoms with Gasteiger partial charge in [-0.15, -0.1) is 0 Å². The first-order valence-electron chi connectivity index (χ1n) is 9.01. The van der Waals surface area contributed by atoms with Crippen molar-refractivity contribution in [3.05, 3.63) is 54.6 Å². The predicted octanol–water partition coefficient (Wildman–Crippen LogP) is 3.27. The molecule has 3 rings (SSSR count). The highest BCUT2D eigenvalue weighted by Gasteiger charge is 2.34. The molecule has 0 unspecified atom stereocenters. The molecule has 2 aromatic rings. The SMILES string of the molecule is COc1ccc(NC(=O)C[C@H]2CCCCN2S(=O)(=O)c2ccccc2)cc1. The molecule has 1 aliphatic rings. The second-order valence-corrected chi connectivity index (χ2v) is 8.45. The minimum atomic E-state index is -3.60. The van der Waals surface area contributed by atoms with E-state index in [9.17, 15) is 13.2 Å². The Morgan fingerprint density at radius 3 is 2.48 bits per heavy atom. The van der Waals surface area contributed by atoms with Crippen molar-refractivity contribution in [3.8, 4) is 5.75 Å². The second kappa shape index (κ2) is 8.54. The Morgan fingerprint density at radius 1 is 1.11 bits per heavy atom. The summed E-state index contributed by atoms with van der Waals surface area (Å²) in [7, 11) is -2.02. The Bertz CT molecular complexity index is 867. The van der Waals surface area contributed by atoms with E-state index in [0.717, 1.165) is 12.8 Å². The maximum absolute atomic E-state index is 13.0. The van der Waals surface area contributed by atoms with E-state index in [1.807, 2.05) is 0 Å². The number of nitrogens with one attached hydrogen (secondary N) is 1. The highest BCUT2D eigenvalue weighted by molar-refractivity contribution is 7.89. The van der Waals surface area contributed by atoms with Crippen LogP contribution in [-0.2, 0) is 14.8 Å². The van der Waals surface area contributed by atoms with Crippen LogP contribution in [0.15, 0.2) is 59.5 Å². The summed E-state index contributed by atoms with van der Waals surface area (Å²) in [6.07, 6.45) is 2.55. The van der Waals surface area contributed by atoms with Gasteiger partial charge < -0.3 is 10.1 Å². The van der Waals surface area contributed by atoms with Crippen LogP contribution in [0.4, 0.5) is 5.69 Å². The van der Waals surface area contributed by atoms with Crippen molar-refractivity contribution >= 4 is 21.6 Å². The Kier molecular flexibility index (Phi) is 6.13. The highest BCUT2D eigenvalue weighted by atomic mass is 32.2. The monoisotopic (exact) mass is 388 g/mol. The molecule has 6 nitrogen and oxygen atoms in total. The summed E-state index contributed by atoms with van der Waals surface area (Å²) in [5.41, 5.74) is 0.661. The normalized spacial score (nSPS) is 18.0. The van der Waals surface area contributed by atoms with E-state index in [0.29, 0.717) is 24.4 Å². The number of nitrogens with zero attached hydrogens (tertiary/aromatic N) is 1. The Labute approximate surface area is 160 Å². The van der Waals surface area contributed by atoms with Gasteiger partial charge in [0.1, 0.15) is 5.75 Å². The molecule has 144 valence electrons. The van der Waals surface area contributed by atoms with Gasteiger partial charge in [0.05, 0.1) is 12.0 Å². The van der Waals surface area contributed by atoms with Gasteiger partial charge in [-0.05, 0) is 49.2 Å². The summed E-state index contributed by atoms with van der Waals surface area (Å²) in [6.45, 7) is 0.442. The van der Waals surface area contributed by atoms with Crippen LogP contribution in [0.5, 0.6) is 5.75 Å². The van der Waals surface area contributed by atoms with Crippen LogP contribution in [0.3, 0.4) is 0 Å². The average molecular weight is 388 g/mol. The lowest BCUT2D eigenvalue weighted by atomic mass is 10.0. The number of ether oxygens (including phenoxy) is 1. The average Bonchev–Trinajstić information content (AvgIpc) is 2.69. The summed E-state index contributed by atoms with van der Waals surface area (Å²) in [5, 5.41) is 2.84. The van der Waals surface area contributed by atoms with Crippen LogP contribution in [0, 0.1) is 0 Å². The maximum Gasteiger partial charge on any atom is 0.243 e. The summed E-state index contributed by atoms with van der Waals surface area (Å²) < 4.78 is 32.6. The minimum absolute atomic E-state index is 0.137. The molecule has 0 spiro atoms. The molecule has 1 saturated heterocycles. The van der Waals surface area contributed by atoms with Crippen LogP contribution in [0.2, 0.25) is 0 Å². The number of anilines is 1. The van der Waals surface area contributed by atoms with Gasteiger partial charge in [0, 0.05) is 24.7 Å². The molecule has 7 heteroatoms. The van der Waals surface area contributed by atoms with E-state index < -0.39 is 10.0 Å². The van der Waals surface area contributed by atoms with Gasteiger partial charge >= 0.3 is 0 Å². The highest BCUT2D eigenvalue weighted by Crippen LogP contribution is 2.27. The summed E-state index contributed by atoms with van der Waals surface area (Å²) >= 11 is 0. The van der Waals surface area contributed by atoms with Crippen LogP contribution in [-0.4, -0.2) is 38.3 Å². The van der Waals surface area contributed by atoms with Crippen molar-refractivity contribution in [1.82, 2.24) is 4.31 Å². The van der Waals surface area contributed by atoms with Gasteiger partial charge in [0.15, 0.2) is 0 Å². The smallest absolute Gasteiger partial charge is 0.243 e. The van der Waals surface area contributed by atoms with E-state index >= 15 is 0 Å². The molecule has 0 aliphatic carbocycles. The fourth-order valence-corrected chi connectivity index (χ4v) is 5.04. The van der Waals surface area contributed by atoms with Gasteiger partial charge in [-0.3, -0.25) is 4.79 Å². The van der Waals surface area contributed by atoms with Gasteiger partial charge in [-0.1, -0.05) is 24.6 Å². The van der Waals surface area contributed by atoms with Crippen molar-refractivity contribution in [3.63, 3.8) is 0 Å². The minimum Gasteiger partial charge on any atom is -0.497 e. The molecular formula is C20H24N2O4S. The van der Waals surface area contributed by atoms with Gasteiger partial charge in [0.2, 0.25) is 15.9 Å². The molecule has 1 aliphatic heterocycles. The fraction of sp³-hybridized carbons (Fsp3) is 0.350. The van der Waals surface area contributed by atoms with Crippen LogP contribution < -0.4 is 10.1 Å². The molecule has 0 bridgehead atoms. The lowest BCUT2D eigenvalue weighted by Gasteiger charge is -2.34. The molecule has 0 radical (unpaired) electrons. The van der Waals surface area contributed by atoms with Crippen LogP contribution in [0.25, 0.3) is 0 Å². The molecule has 1 heterocycles. The number of piperidine rings is 1. The van der Waals surface area contributed by atoms with Gasteiger partial charge in [-0.25, -0.2) is 8.42 Å². The molecule has 0 aromatic heterocycles. The summed E-state index contributed by atoms with van der Waals surface area (Å²) in [5.74, 6) is 0.515. The van der Waals surface area contributed by atoms with E-state index in [1.54, 1.807) is 61.7 Å². The zero-order chi connectivity index (χ0) is 19.3. The number of sulfonamides is 1. The number of methoxy groups -OCH3 is 1. The molecule has 1 N–H and O–H groups in total. The number of rotatable bonds is 6. The molecular weight excluding hydrogens is 364 g/mol. The number of hydrogen-bond acceptors (Lipinski definition) is 4. The summed E-state index contributed by atoms with van der Waals surface area (Å²) in [6, 6.07) is 15.1. The Morgan fingerprint density at radius 2 is 1.81 bits per heavy atom. The Hall–Kier alpha value is -2.38. The van der Waals surface area contributed by atoms with E-state index in [1.165, 1.54) is 4.31 Å². The van der Waals surface area contributed by atoms with Crippen LogP contribution in [0.1, 0.15) is 25.7 Å². The first-order chi connectivity index (χ1) is 13.0. The number of carbonyl (C=O) groups is 1. The maximum atomic E-state index is 13.0. The number of amides is 1. The van der Waals surface area contributed by atoms with Gasteiger partial charge in [-0.2, -0.15) is 4.31 Å².